The maximum atomic E-state index is 12.4. The number of halogens is 2. The smallest absolute Gasteiger partial charge is 0.340 e. The van der Waals surface area contributed by atoms with E-state index in [1.165, 1.54) is 25.1 Å². The number of rotatable bonds is 4. The molecule has 0 aliphatic heterocycles. The number of benzene rings is 2. The molecule has 2 aromatic carbocycles. The van der Waals surface area contributed by atoms with Gasteiger partial charge in [0.15, 0.2) is 6.10 Å². The number of aryl methyl sites for hydroxylation is 3. The number of amides is 1. The first-order chi connectivity index (χ1) is 11.7. The van der Waals surface area contributed by atoms with Crippen LogP contribution in [0.2, 0.25) is 10.0 Å². The monoisotopic (exact) mass is 379 g/mol. The van der Waals surface area contributed by atoms with E-state index >= 15 is 0 Å². The minimum Gasteiger partial charge on any atom is -0.449 e. The van der Waals surface area contributed by atoms with E-state index in [-0.39, 0.29) is 10.6 Å². The van der Waals surface area contributed by atoms with Crippen LogP contribution in [0.15, 0.2) is 30.3 Å². The molecule has 6 heteroatoms. The number of hydrogen-bond acceptors (Lipinski definition) is 3. The summed E-state index contributed by atoms with van der Waals surface area (Å²) in [6.45, 7) is 7.33. The van der Waals surface area contributed by atoms with Crippen molar-refractivity contribution >= 4 is 40.8 Å². The molecular weight excluding hydrogens is 361 g/mol. The normalized spacial score (nSPS) is 11.8. The molecule has 1 N–H and O–H groups in total. The topological polar surface area (TPSA) is 55.4 Å². The summed E-state index contributed by atoms with van der Waals surface area (Å²) >= 11 is 11.8. The summed E-state index contributed by atoms with van der Waals surface area (Å²) < 4.78 is 5.22. The summed E-state index contributed by atoms with van der Waals surface area (Å²) in [7, 11) is 0. The van der Waals surface area contributed by atoms with E-state index in [2.05, 4.69) is 5.32 Å². The Labute approximate surface area is 157 Å². The molecule has 0 aliphatic rings. The predicted octanol–water partition coefficient (Wildman–Crippen LogP) is 5.10. The van der Waals surface area contributed by atoms with E-state index in [1.54, 1.807) is 0 Å². The van der Waals surface area contributed by atoms with Crippen LogP contribution in [0.25, 0.3) is 0 Å². The summed E-state index contributed by atoms with van der Waals surface area (Å²) in [4.78, 5) is 24.6. The second kappa shape index (κ2) is 7.89. The van der Waals surface area contributed by atoms with E-state index in [4.69, 9.17) is 27.9 Å². The van der Waals surface area contributed by atoms with Gasteiger partial charge < -0.3 is 10.1 Å². The SMILES string of the molecule is Cc1cc(C)c(NC(=O)[C@H](C)OC(=O)c2ccc(Cl)cc2Cl)c(C)c1. The molecule has 25 heavy (non-hydrogen) atoms. The summed E-state index contributed by atoms with van der Waals surface area (Å²) in [5, 5.41) is 3.41. The van der Waals surface area contributed by atoms with Crippen LogP contribution in [0.5, 0.6) is 0 Å². The van der Waals surface area contributed by atoms with Crippen LogP contribution < -0.4 is 5.32 Å². The molecule has 0 heterocycles. The fourth-order valence-corrected chi connectivity index (χ4v) is 3.02. The Kier molecular flexibility index (Phi) is 6.09. The van der Waals surface area contributed by atoms with Crippen LogP contribution in [0.3, 0.4) is 0 Å². The fourth-order valence-electron chi connectivity index (χ4n) is 2.53. The number of nitrogens with one attached hydrogen (secondary N) is 1. The minimum atomic E-state index is -0.973. The van der Waals surface area contributed by atoms with Gasteiger partial charge in [0.25, 0.3) is 5.91 Å². The van der Waals surface area contributed by atoms with Crippen LogP contribution in [0.4, 0.5) is 5.69 Å². The van der Waals surface area contributed by atoms with Gasteiger partial charge in [-0.1, -0.05) is 40.9 Å². The van der Waals surface area contributed by atoms with Gasteiger partial charge in [-0.3, -0.25) is 4.79 Å². The molecule has 2 rings (SSSR count). The van der Waals surface area contributed by atoms with Gasteiger partial charge in [-0.25, -0.2) is 4.79 Å². The van der Waals surface area contributed by atoms with Crippen molar-refractivity contribution in [3.05, 3.63) is 62.6 Å². The Balaban J connectivity index is 2.09. The molecule has 0 aromatic heterocycles. The molecule has 1 amide bonds. The van der Waals surface area contributed by atoms with Crippen LogP contribution >= 0.6 is 23.2 Å². The number of hydrogen-bond donors (Lipinski definition) is 1. The average molecular weight is 380 g/mol. The van der Waals surface area contributed by atoms with Crippen molar-refractivity contribution in [2.75, 3.05) is 5.32 Å². The van der Waals surface area contributed by atoms with Crippen molar-refractivity contribution in [1.82, 2.24) is 0 Å². The zero-order valence-corrected chi connectivity index (χ0v) is 16.0. The molecule has 0 saturated carbocycles. The van der Waals surface area contributed by atoms with Crippen molar-refractivity contribution in [2.45, 2.75) is 33.8 Å². The van der Waals surface area contributed by atoms with E-state index < -0.39 is 18.0 Å². The molecule has 0 unspecified atom stereocenters. The maximum Gasteiger partial charge on any atom is 0.340 e. The Morgan fingerprint density at radius 2 is 1.64 bits per heavy atom. The molecule has 132 valence electrons. The highest BCUT2D eigenvalue weighted by Gasteiger charge is 2.21. The Morgan fingerprint density at radius 3 is 2.20 bits per heavy atom. The Bertz CT molecular complexity index is 810. The molecule has 1 atom stereocenters. The molecule has 4 nitrogen and oxygen atoms in total. The van der Waals surface area contributed by atoms with E-state index in [9.17, 15) is 9.59 Å². The zero-order valence-electron chi connectivity index (χ0n) is 14.4. The molecule has 0 aliphatic carbocycles. The van der Waals surface area contributed by atoms with Gasteiger partial charge in [-0.05, 0) is 57.0 Å². The highest BCUT2D eigenvalue weighted by Crippen LogP contribution is 2.24. The number of anilines is 1. The summed E-state index contributed by atoms with van der Waals surface area (Å²) in [6, 6.07) is 8.41. The van der Waals surface area contributed by atoms with Crippen LogP contribution in [0, 0.1) is 20.8 Å². The van der Waals surface area contributed by atoms with Crippen molar-refractivity contribution in [1.29, 1.82) is 0 Å². The van der Waals surface area contributed by atoms with Crippen molar-refractivity contribution in [2.24, 2.45) is 0 Å². The number of esters is 1. The highest BCUT2D eigenvalue weighted by atomic mass is 35.5. The van der Waals surface area contributed by atoms with Crippen LogP contribution in [-0.4, -0.2) is 18.0 Å². The maximum absolute atomic E-state index is 12.4. The fraction of sp³-hybridized carbons (Fsp3) is 0.263. The second-order valence-corrected chi connectivity index (χ2v) is 6.78. The van der Waals surface area contributed by atoms with Crippen molar-refractivity contribution in [3.63, 3.8) is 0 Å². The first kappa shape index (κ1) is 19.3. The minimum absolute atomic E-state index is 0.161. The van der Waals surface area contributed by atoms with Crippen LogP contribution in [0.1, 0.15) is 34.0 Å². The van der Waals surface area contributed by atoms with Gasteiger partial charge in [0.05, 0.1) is 10.6 Å². The molecule has 0 fully saturated rings. The summed E-state index contributed by atoms with van der Waals surface area (Å²) in [5.41, 5.74) is 3.90. The molecular formula is C19H19Cl2NO3. The third kappa shape index (κ3) is 4.74. The van der Waals surface area contributed by atoms with Crippen molar-refractivity contribution < 1.29 is 14.3 Å². The van der Waals surface area contributed by atoms with E-state index in [0.29, 0.717) is 5.02 Å². The number of carbonyl (C=O) groups is 2. The van der Waals surface area contributed by atoms with E-state index in [0.717, 1.165) is 22.4 Å². The third-order valence-electron chi connectivity index (χ3n) is 3.73. The average Bonchev–Trinajstić information content (AvgIpc) is 2.50. The standard InChI is InChI=1S/C19H19Cl2NO3/c1-10-7-11(2)17(12(3)8-10)22-18(23)13(4)25-19(24)15-6-5-14(20)9-16(15)21/h5-9,13H,1-4H3,(H,22,23)/t13-/m0/s1. The first-order valence-electron chi connectivity index (χ1n) is 7.73. The lowest BCUT2D eigenvalue weighted by Gasteiger charge is -2.17. The number of ether oxygens (including phenoxy) is 1. The van der Waals surface area contributed by atoms with Gasteiger partial charge in [-0.2, -0.15) is 0 Å². The largest absolute Gasteiger partial charge is 0.449 e. The van der Waals surface area contributed by atoms with Gasteiger partial charge in [0, 0.05) is 10.7 Å². The first-order valence-corrected chi connectivity index (χ1v) is 8.49. The van der Waals surface area contributed by atoms with Crippen molar-refractivity contribution in [3.8, 4) is 0 Å². The lowest BCUT2D eigenvalue weighted by molar-refractivity contribution is -0.123. The van der Waals surface area contributed by atoms with Gasteiger partial charge >= 0.3 is 5.97 Å². The van der Waals surface area contributed by atoms with E-state index in [1.807, 2.05) is 32.9 Å². The second-order valence-electron chi connectivity index (χ2n) is 5.93. The Morgan fingerprint density at radius 1 is 1.04 bits per heavy atom. The van der Waals surface area contributed by atoms with Gasteiger partial charge in [-0.15, -0.1) is 0 Å². The Hall–Kier alpha value is -2.04. The van der Waals surface area contributed by atoms with Gasteiger partial charge in [0.1, 0.15) is 0 Å². The highest BCUT2D eigenvalue weighted by molar-refractivity contribution is 6.36. The quantitative estimate of drug-likeness (QED) is 0.751. The number of carbonyl (C=O) groups excluding carboxylic acids is 2. The molecule has 0 spiro atoms. The summed E-state index contributed by atoms with van der Waals surface area (Å²) in [5.74, 6) is -1.09. The lowest BCUT2D eigenvalue weighted by Crippen LogP contribution is -2.30. The summed E-state index contributed by atoms with van der Waals surface area (Å²) in [6.07, 6.45) is -0.973. The zero-order chi connectivity index (χ0) is 18.7. The van der Waals surface area contributed by atoms with Gasteiger partial charge in [0.2, 0.25) is 0 Å². The lowest BCUT2D eigenvalue weighted by atomic mass is 10.0. The molecule has 0 radical (unpaired) electrons. The predicted molar refractivity (Wildman–Crippen MR) is 101 cm³/mol. The molecule has 2 aromatic rings. The van der Waals surface area contributed by atoms with Crippen LogP contribution in [-0.2, 0) is 9.53 Å². The third-order valence-corrected chi connectivity index (χ3v) is 4.28. The molecule has 0 saturated heterocycles. The molecule has 0 bridgehead atoms.